The first-order valence-electron chi connectivity index (χ1n) is 4.76. The standard InChI is InChI=1S/C11H12O3S/c12-11-4-2-1-3-10(11)9-5-7-15(13,14)8-6-9/h1-5,12H,6-8H2. The normalized spacial score (nSPS) is 19.6. The van der Waals surface area contributed by atoms with E-state index in [4.69, 9.17) is 0 Å². The maximum Gasteiger partial charge on any atom is 0.154 e. The van der Waals surface area contributed by atoms with E-state index < -0.39 is 9.84 Å². The second kappa shape index (κ2) is 3.70. The van der Waals surface area contributed by atoms with E-state index in [1.165, 1.54) is 0 Å². The molecule has 80 valence electrons. The van der Waals surface area contributed by atoms with E-state index in [0.29, 0.717) is 6.42 Å². The molecule has 0 fully saturated rings. The van der Waals surface area contributed by atoms with Crippen LogP contribution >= 0.6 is 0 Å². The Labute approximate surface area is 89.0 Å². The molecule has 1 aliphatic heterocycles. The number of hydrogen-bond donors (Lipinski definition) is 1. The van der Waals surface area contributed by atoms with E-state index in [9.17, 15) is 13.5 Å². The minimum absolute atomic E-state index is 0.0800. The van der Waals surface area contributed by atoms with Crippen LogP contribution < -0.4 is 0 Å². The summed E-state index contributed by atoms with van der Waals surface area (Å²) in [5.41, 5.74) is 1.66. The molecular formula is C11H12O3S. The zero-order valence-corrected chi connectivity index (χ0v) is 9.00. The molecule has 1 heterocycles. The fourth-order valence-corrected chi connectivity index (χ4v) is 2.82. The van der Waals surface area contributed by atoms with Crippen LogP contribution in [0.15, 0.2) is 30.3 Å². The van der Waals surface area contributed by atoms with Crippen LogP contribution in [-0.2, 0) is 9.84 Å². The van der Waals surface area contributed by atoms with Gasteiger partial charge in [-0.3, -0.25) is 0 Å². The smallest absolute Gasteiger partial charge is 0.154 e. The summed E-state index contributed by atoms with van der Waals surface area (Å²) in [5, 5.41) is 9.60. The third kappa shape index (κ3) is 2.21. The highest BCUT2D eigenvalue weighted by atomic mass is 32.2. The SMILES string of the molecule is O=S1(=O)CC=C(c2ccccc2O)CC1. The van der Waals surface area contributed by atoms with Crippen LogP contribution in [0.3, 0.4) is 0 Å². The number of para-hydroxylation sites is 1. The first-order chi connectivity index (χ1) is 7.08. The number of rotatable bonds is 1. The van der Waals surface area contributed by atoms with E-state index in [1.807, 2.05) is 6.07 Å². The topological polar surface area (TPSA) is 54.4 Å². The highest BCUT2D eigenvalue weighted by Gasteiger charge is 2.18. The molecule has 0 aliphatic carbocycles. The van der Waals surface area contributed by atoms with Gasteiger partial charge in [0.05, 0.1) is 11.5 Å². The van der Waals surface area contributed by atoms with Crippen molar-refractivity contribution in [1.29, 1.82) is 0 Å². The second-order valence-electron chi connectivity index (χ2n) is 3.61. The fourth-order valence-electron chi connectivity index (χ4n) is 1.67. The molecule has 0 atom stereocenters. The van der Waals surface area contributed by atoms with E-state index in [2.05, 4.69) is 0 Å². The third-order valence-corrected chi connectivity index (χ3v) is 4.02. The molecule has 0 amide bonds. The highest BCUT2D eigenvalue weighted by molar-refractivity contribution is 7.91. The lowest BCUT2D eigenvalue weighted by Gasteiger charge is -2.14. The Bertz CT molecular complexity index is 500. The zero-order chi connectivity index (χ0) is 10.9. The summed E-state index contributed by atoms with van der Waals surface area (Å²) in [6, 6.07) is 7.00. The molecule has 0 unspecified atom stereocenters. The number of phenolic OH excluding ortho intramolecular Hbond substituents is 1. The van der Waals surface area contributed by atoms with Crippen molar-refractivity contribution in [3.8, 4) is 5.75 Å². The van der Waals surface area contributed by atoms with Gasteiger partial charge in [-0.2, -0.15) is 0 Å². The molecule has 0 saturated carbocycles. The van der Waals surface area contributed by atoms with Gasteiger partial charge < -0.3 is 5.11 Å². The van der Waals surface area contributed by atoms with Gasteiger partial charge in [0.2, 0.25) is 0 Å². The number of allylic oxidation sites excluding steroid dienone is 1. The van der Waals surface area contributed by atoms with Crippen molar-refractivity contribution in [2.45, 2.75) is 6.42 Å². The van der Waals surface area contributed by atoms with Gasteiger partial charge >= 0.3 is 0 Å². The molecular weight excluding hydrogens is 212 g/mol. The molecule has 1 aromatic rings. The van der Waals surface area contributed by atoms with Gasteiger partial charge in [-0.05, 0) is 18.1 Å². The lowest BCUT2D eigenvalue weighted by Crippen LogP contribution is -2.14. The summed E-state index contributed by atoms with van der Waals surface area (Å²) in [4.78, 5) is 0. The summed E-state index contributed by atoms with van der Waals surface area (Å²) in [6.45, 7) is 0. The number of benzene rings is 1. The van der Waals surface area contributed by atoms with Crippen LogP contribution in [0.25, 0.3) is 5.57 Å². The minimum Gasteiger partial charge on any atom is -0.507 e. The van der Waals surface area contributed by atoms with Gasteiger partial charge in [-0.1, -0.05) is 24.3 Å². The number of aromatic hydroxyl groups is 1. The average Bonchev–Trinajstić information content (AvgIpc) is 2.19. The van der Waals surface area contributed by atoms with Gasteiger partial charge in [-0.25, -0.2) is 8.42 Å². The molecule has 0 spiro atoms. The first-order valence-corrected chi connectivity index (χ1v) is 6.58. The van der Waals surface area contributed by atoms with Gasteiger partial charge in [0.25, 0.3) is 0 Å². The Morgan fingerprint density at radius 1 is 1.20 bits per heavy atom. The summed E-state index contributed by atoms with van der Waals surface area (Å²) in [5.74, 6) is 0.465. The molecule has 0 aromatic heterocycles. The summed E-state index contributed by atoms with van der Waals surface area (Å²) >= 11 is 0. The molecule has 0 bridgehead atoms. The predicted molar refractivity (Wildman–Crippen MR) is 59.4 cm³/mol. The first kappa shape index (κ1) is 10.2. The molecule has 1 aromatic carbocycles. The van der Waals surface area contributed by atoms with Gasteiger partial charge in [-0.15, -0.1) is 0 Å². The Morgan fingerprint density at radius 3 is 2.53 bits per heavy atom. The Kier molecular flexibility index (Phi) is 2.52. The van der Waals surface area contributed by atoms with E-state index in [0.717, 1.165) is 11.1 Å². The summed E-state index contributed by atoms with van der Waals surface area (Å²) in [6.07, 6.45) is 2.17. The molecule has 3 nitrogen and oxygen atoms in total. The van der Waals surface area contributed by atoms with Gasteiger partial charge in [0.15, 0.2) is 9.84 Å². The third-order valence-electron chi connectivity index (χ3n) is 2.52. The zero-order valence-electron chi connectivity index (χ0n) is 8.18. The van der Waals surface area contributed by atoms with Crippen LogP contribution in [0, 0.1) is 0 Å². The lowest BCUT2D eigenvalue weighted by molar-refractivity contribution is 0.473. The number of hydrogen-bond acceptors (Lipinski definition) is 3. The van der Waals surface area contributed by atoms with Crippen LogP contribution in [-0.4, -0.2) is 25.0 Å². The van der Waals surface area contributed by atoms with Crippen molar-refractivity contribution in [2.75, 3.05) is 11.5 Å². The molecule has 4 heteroatoms. The maximum absolute atomic E-state index is 11.2. The van der Waals surface area contributed by atoms with Crippen LogP contribution in [0.2, 0.25) is 0 Å². The van der Waals surface area contributed by atoms with E-state index in [1.54, 1.807) is 24.3 Å². The largest absolute Gasteiger partial charge is 0.507 e. The lowest BCUT2D eigenvalue weighted by atomic mass is 10.0. The Balaban J connectivity index is 2.35. The van der Waals surface area contributed by atoms with E-state index >= 15 is 0 Å². The summed E-state index contributed by atoms with van der Waals surface area (Å²) < 4.78 is 22.4. The maximum atomic E-state index is 11.2. The van der Waals surface area contributed by atoms with Crippen molar-refractivity contribution in [2.24, 2.45) is 0 Å². The molecule has 1 N–H and O–H groups in total. The fraction of sp³-hybridized carbons (Fsp3) is 0.273. The van der Waals surface area contributed by atoms with Gasteiger partial charge in [0, 0.05) is 5.56 Å². The number of phenols is 1. The predicted octanol–water partition coefficient (Wildman–Crippen LogP) is 1.59. The van der Waals surface area contributed by atoms with Crippen LogP contribution in [0.4, 0.5) is 0 Å². The molecule has 0 saturated heterocycles. The molecule has 15 heavy (non-hydrogen) atoms. The Morgan fingerprint density at radius 2 is 1.93 bits per heavy atom. The van der Waals surface area contributed by atoms with Crippen molar-refractivity contribution < 1.29 is 13.5 Å². The Hall–Kier alpha value is -1.29. The average molecular weight is 224 g/mol. The van der Waals surface area contributed by atoms with Gasteiger partial charge in [0.1, 0.15) is 5.75 Å². The minimum atomic E-state index is -2.89. The van der Waals surface area contributed by atoms with Crippen molar-refractivity contribution in [1.82, 2.24) is 0 Å². The van der Waals surface area contributed by atoms with Crippen LogP contribution in [0.1, 0.15) is 12.0 Å². The highest BCUT2D eigenvalue weighted by Crippen LogP contribution is 2.29. The van der Waals surface area contributed by atoms with Crippen molar-refractivity contribution in [3.05, 3.63) is 35.9 Å². The molecule has 2 rings (SSSR count). The van der Waals surface area contributed by atoms with E-state index in [-0.39, 0.29) is 17.3 Å². The monoisotopic (exact) mass is 224 g/mol. The molecule has 0 radical (unpaired) electrons. The quantitative estimate of drug-likeness (QED) is 0.788. The van der Waals surface area contributed by atoms with Crippen LogP contribution in [0.5, 0.6) is 5.75 Å². The number of sulfone groups is 1. The second-order valence-corrected chi connectivity index (χ2v) is 5.84. The molecule has 1 aliphatic rings. The summed E-state index contributed by atoms with van der Waals surface area (Å²) in [7, 11) is -2.89. The van der Waals surface area contributed by atoms with Crippen molar-refractivity contribution >= 4 is 15.4 Å². The van der Waals surface area contributed by atoms with Crippen molar-refractivity contribution in [3.63, 3.8) is 0 Å².